The van der Waals surface area contributed by atoms with E-state index in [1.807, 2.05) is 6.66 Å². The fourth-order valence-electron chi connectivity index (χ4n) is 2.58. The highest BCUT2D eigenvalue weighted by Crippen LogP contribution is 2.50. The summed E-state index contributed by atoms with van der Waals surface area (Å²) in [5.41, 5.74) is 0. The van der Waals surface area contributed by atoms with Gasteiger partial charge in [-0.25, -0.2) is 0 Å². The van der Waals surface area contributed by atoms with Gasteiger partial charge < -0.3 is 9.05 Å². The Kier molecular flexibility index (Phi) is 3.88. The van der Waals surface area contributed by atoms with Gasteiger partial charge in [0.15, 0.2) is 6.49 Å². The third kappa shape index (κ3) is 3.26. The van der Waals surface area contributed by atoms with Crippen molar-refractivity contribution in [3.05, 3.63) is 0 Å². The van der Waals surface area contributed by atoms with Crippen LogP contribution in [0.2, 0.25) is 0 Å². The molecular weight excluding hydrogens is 227 g/mol. The molecule has 0 amide bonds. The molecular formula is C11H21O2PS. The van der Waals surface area contributed by atoms with Gasteiger partial charge in [-0.05, 0) is 36.5 Å². The average molecular weight is 248 g/mol. The summed E-state index contributed by atoms with van der Waals surface area (Å²) < 4.78 is 11.3. The standard InChI is InChI=1S/C11H21O2PS/c1-9-3-5-10(6-4-9)11-7-12-14(2,15)13-8-11/h9-11H,3-8H2,1-2H3. The van der Waals surface area contributed by atoms with Gasteiger partial charge in [-0.2, -0.15) is 0 Å². The van der Waals surface area contributed by atoms with E-state index < -0.39 is 6.49 Å². The minimum atomic E-state index is -1.85. The minimum Gasteiger partial charge on any atom is -0.329 e. The summed E-state index contributed by atoms with van der Waals surface area (Å²) in [6.07, 6.45) is 5.46. The van der Waals surface area contributed by atoms with Gasteiger partial charge in [-0.15, -0.1) is 0 Å². The smallest absolute Gasteiger partial charge is 0.185 e. The van der Waals surface area contributed by atoms with E-state index in [0.717, 1.165) is 25.0 Å². The molecule has 0 atom stereocenters. The lowest BCUT2D eigenvalue weighted by atomic mass is 9.77. The molecule has 4 heteroatoms. The Labute approximate surface area is 97.9 Å². The highest BCUT2D eigenvalue weighted by Gasteiger charge is 2.31. The summed E-state index contributed by atoms with van der Waals surface area (Å²) in [6.45, 7) is 4.12. The van der Waals surface area contributed by atoms with Crippen LogP contribution >= 0.6 is 6.49 Å². The zero-order valence-corrected chi connectivity index (χ0v) is 11.4. The van der Waals surface area contributed by atoms with Crippen molar-refractivity contribution in [2.24, 2.45) is 17.8 Å². The van der Waals surface area contributed by atoms with Crippen molar-refractivity contribution in [2.75, 3.05) is 19.9 Å². The van der Waals surface area contributed by atoms with Crippen LogP contribution in [0.3, 0.4) is 0 Å². The van der Waals surface area contributed by atoms with Crippen LogP contribution in [-0.2, 0) is 20.9 Å². The van der Waals surface area contributed by atoms with Crippen LogP contribution in [0.1, 0.15) is 32.6 Å². The Morgan fingerprint density at radius 2 is 1.53 bits per heavy atom. The Morgan fingerprint density at radius 3 is 2.07 bits per heavy atom. The van der Waals surface area contributed by atoms with Crippen LogP contribution < -0.4 is 0 Å². The van der Waals surface area contributed by atoms with Gasteiger partial charge in [0.05, 0.1) is 13.2 Å². The minimum absolute atomic E-state index is 0.605. The van der Waals surface area contributed by atoms with Gasteiger partial charge in [0.2, 0.25) is 0 Å². The van der Waals surface area contributed by atoms with Gasteiger partial charge in [-0.3, -0.25) is 0 Å². The summed E-state index contributed by atoms with van der Waals surface area (Å²) in [4.78, 5) is 0. The molecule has 2 fully saturated rings. The second-order valence-electron chi connectivity index (χ2n) is 5.14. The zero-order valence-electron chi connectivity index (χ0n) is 9.65. The third-order valence-corrected chi connectivity index (χ3v) is 5.64. The first-order valence-electron chi connectivity index (χ1n) is 5.93. The maximum Gasteiger partial charge on any atom is 0.185 e. The topological polar surface area (TPSA) is 18.5 Å². The molecule has 1 aliphatic heterocycles. The van der Waals surface area contributed by atoms with Crippen molar-refractivity contribution in [1.82, 2.24) is 0 Å². The fourth-order valence-corrected chi connectivity index (χ4v) is 3.94. The first kappa shape index (κ1) is 12.0. The molecule has 1 heterocycles. The summed E-state index contributed by atoms with van der Waals surface area (Å²) in [7, 11) is 0. The Morgan fingerprint density at radius 1 is 1.00 bits per heavy atom. The molecule has 0 N–H and O–H groups in total. The molecule has 2 aliphatic rings. The molecule has 0 aromatic heterocycles. The molecule has 88 valence electrons. The molecule has 0 aromatic rings. The van der Waals surface area contributed by atoms with Crippen LogP contribution in [0.4, 0.5) is 0 Å². The molecule has 1 aliphatic carbocycles. The lowest BCUT2D eigenvalue weighted by Gasteiger charge is -2.37. The van der Waals surface area contributed by atoms with Crippen LogP contribution in [-0.4, -0.2) is 19.9 Å². The van der Waals surface area contributed by atoms with E-state index >= 15 is 0 Å². The van der Waals surface area contributed by atoms with E-state index in [1.165, 1.54) is 25.7 Å². The first-order valence-corrected chi connectivity index (χ1v) is 9.02. The van der Waals surface area contributed by atoms with Gasteiger partial charge in [0, 0.05) is 12.6 Å². The number of hydrogen-bond acceptors (Lipinski definition) is 3. The van der Waals surface area contributed by atoms with E-state index in [1.54, 1.807) is 0 Å². The Hall–Kier alpha value is 0.570. The maximum atomic E-state index is 5.66. The monoisotopic (exact) mass is 248 g/mol. The molecule has 0 bridgehead atoms. The molecule has 0 aromatic carbocycles. The molecule has 0 unspecified atom stereocenters. The third-order valence-electron chi connectivity index (χ3n) is 3.77. The summed E-state index contributed by atoms with van der Waals surface area (Å²) in [5.74, 6) is 2.34. The van der Waals surface area contributed by atoms with Crippen molar-refractivity contribution in [1.29, 1.82) is 0 Å². The van der Waals surface area contributed by atoms with E-state index in [-0.39, 0.29) is 0 Å². The van der Waals surface area contributed by atoms with Gasteiger partial charge in [0.1, 0.15) is 0 Å². The molecule has 0 radical (unpaired) electrons. The van der Waals surface area contributed by atoms with E-state index in [0.29, 0.717) is 5.92 Å². The van der Waals surface area contributed by atoms with Crippen molar-refractivity contribution in [3.8, 4) is 0 Å². The summed E-state index contributed by atoms with van der Waals surface area (Å²) in [6, 6.07) is 0. The average Bonchev–Trinajstić information content (AvgIpc) is 2.20. The largest absolute Gasteiger partial charge is 0.329 e. The summed E-state index contributed by atoms with van der Waals surface area (Å²) in [5, 5.41) is 0. The predicted octanol–water partition coefficient (Wildman–Crippen LogP) is 3.42. The van der Waals surface area contributed by atoms with Crippen LogP contribution in [0.15, 0.2) is 0 Å². The van der Waals surface area contributed by atoms with E-state index in [9.17, 15) is 0 Å². The lowest BCUT2D eigenvalue weighted by Crippen LogP contribution is -2.30. The number of rotatable bonds is 1. The van der Waals surface area contributed by atoms with Crippen molar-refractivity contribution in [3.63, 3.8) is 0 Å². The molecule has 1 saturated carbocycles. The zero-order chi connectivity index (χ0) is 10.9. The van der Waals surface area contributed by atoms with Crippen molar-refractivity contribution in [2.45, 2.75) is 32.6 Å². The van der Waals surface area contributed by atoms with Crippen LogP contribution in [0.25, 0.3) is 0 Å². The van der Waals surface area contributed by atoms with Crippen molar-refractivity contribution < 1.29 is 9.05 Å². The second kappa shape index (κ2) is 4.83. The SMILES string of the molecule is CC1CCC(C2COP(C)(=S)OC2)CC1. The van der Waals surface area contributed by atoms with Gasteiger partial charge >= 0.3 is 0 Å². The lowest BCUT2D eigenvalue weighted by molar-refractivity contribution is 0.0624. The van der Waals surface area contributed by atoms with Gasteiger partial charge in [-0.1, -0.05) is 19.8 Å². The van der Waals surface area contributed by atoms with Crippen LogP contribution in [0, 0.1) is 17.8 Å². The first-order chi connectivity index (χ1) is 7.07. The normalized spacial score (nSPS) is 47.7. The summed E-state index contributed by atoms with van der Waals surface area (Å²) >= 11 is 5.23. The Balaban J connectivity index is 1.83. The molecule has 2 nitrogen and oxygen atoms in total. The molecule has 15 heavy (non-hydrogen) atoms. The molecule has 1 saturated heterocycles. The molecule has 2 rings (SSSR count). The highest BCUT2D eigenvalue weighted by atomic mass is 32.5. The second-order valence-corrected chi connectivity index (χ2v) is 9.19. The molecule has 0 spiro atoms. The van der Waals surface area contributed by atoms with Gasteiger partial charge in [0.25, 0.3) is 0 Å². The van der Waals surface area contributed by atoms with E-state index in [2.05, 4.69) is 6.92 Å². The Bertz CT molecular complexity index is 249. The van der Waals surface area contributed by atoms with Crippen molar-refractivity contribution >= 4 is 18.3 Å². The predicted molar refractivity (Wildman–Crippen MR) is 66.7 cm³/mol. The number of hydrogen-bond donors (Lipinski definition) is 0. The quantitative estimate of drug-likeness (QED) is 0.662. The maximum absolute atomic E-state index is 5.66. The van der Waals surface area contributed by atoms with E-state index in [4.69, 9.17) is 20.9 Å². The highest BCUT2D eigenvalue weighted by molar-refractivity contribution is 8.09. The fraction of sp³-hybridized carbons (Fsp3) is 1.00. The van der Waals surface area contributed by atoms with Crippen LogP contribution in [0.5, 0.6) is 0 Å².